The van der Waals surface area contributed by atoms with E-state index in [-0.39, 0.29) is 30.4 Å². The Kier molecular flexibility index (Phi) is 7.02. The number of rotatable bonds is 7. The van der Waals surface area contributed by atoms with Crippen LogP contribution in [-0.2, 0) is 9.47 Å². The van der Waals surface area contributed by atoms with Gasteiger partial charge in [-0.25, -0.2) is 14.3 Å². The molecule has 24 heavy (non-hydrogen) atoms. The summed E-state index contributed by atoms with van der Waals surface area (Å²) in [6, 6.07) is 1.20. The maximum atomic E-state index is 11.5. The third-order valence-electron chi connectivity index (χ3n) is 2.44. The van der Waals surface area contributed by atoms with Crippen LogP contribution in [0.4, 0.5) is 4.79 Å². The largest absolute Gasteiger partial charge is 0.461 e. The molecule has 0 saturated heterocycles. The van der Waals surface area contributed by atoms with Gasteiger partial charge < -0.3 is 14.8 Å². The lowest BCUT2D eigenvalue weighted by molar-refractivity contribution is 0.0512. The smallest absolute Gasteiger partial charge is 0.407 e. The first kappa shape index (κ1) is 20.2. The van der Waals surface area contributed by atoms with Crippen LogP contribution in [-0.4, -0.2) is 56.7 Å². The molecule has 0 saturated carbocycles. The van der Waals surface area contributed by atoms with Crippen molar-refractivity contribution >= 4 is 22.8 Å². The molecule has 0 aliphatic rings. The zero-order chi connectivity index (χ0) is 18.4. The number of aromatic nitrogens is 2. The van der Waals surface area contributed by atoms with E-state index >= 15 is 0 Å². The molecule has 10 nitrogen and oxygen atoms in total. The molecule has 0 spiro atoms. The number of hydrogen-bond donors (Lipinski definition) is 5. The van der Waals surface area contributed by atoms with E-state index in [1.165, 1.54) is 6.07 Å². The highest BCUT2D eigenvalue weighted by Crippen LogP contribution is 2.42. The van der Waals surface area contributed by atoms with Gasteiger partial charge in [-0.15, -0.1) is 0 Å². The lowest BCUT2D eigenvalue weighted by Gasteiger charge is -2.31. The van der Waals surface area contributed by atoms with Gasteiger partial charge in [-0.3, -0.25) is 14.2 Å². The molecule has 11 heteroatoms. The van der Waals surface area contributed by atoms with Gasteiger partial charge in [-0.2, -0.15) is 5.10 Å². The van der Waals surface area contributed by atoms with Crippen molar-refractivity contribution in [3.63, 3.8) is 0 Å². The lowest BCUT2D eigenvalue weighted by atomic mass is 10.2. The quantitative estimate of drug-likeness (QED) is 0.363. The van der Waals surface area contributed by atoms with Gasteiger partial charge in [0, 0.05) is 19.2 Å². The molecule has 0 radical (unpaired) electrons. The number of esters is 1. The number of alkyl carbamates (subject to hydrolysis) is 1. The minimum absolute atomic E-state index is 0.0529. The molecule has 0 aliphatic carbocycles. The van der Waals surface area contributed by atoms with E-state index in [1.54, 1.807) is 27.7 Å². The highest BCUT2D eigenvalue weighted by molar-refractivity contribution is 8.22. The molecule has 1 aromatic heterocycles. The Morgan fingerprint density at radius 1 is 1.33 bits per heavy atom. The molecule has 1 rings (SSSR count). The molecule has 0 atom stereocenters. The fourth-order valence-corrected chi connectivity index (χ4v) is 2.50. The summed E-state index contributed by atoms with van der Waals surface area (Å²) in [7, 11) is -3.39. The highest BCUT2D eigenvalue weighted by atomic mass is 32.3. The van der Waals surface area contributed by atoms with Crippen LogP contribution in [0, 0.1) is 0 Å². The van der Waals surface area contributed by atoms with Crippen molar-refractivity contribution in [2.75, 3.05) is 19.7 Å². The molecular formula is C13H24N4O6S. The molecule has 1 aromatic rings. The molecule has 0 fully saturated rings. The highest BCUT2D eigenvalue weighted by Gasteiger charge is 2.21. The van der Waals surface area contributed by atoms with Gasteiger partial charge in [0.05, 0.1) is 6.61 Å². The average Bonchev–Trinajstić information content (AvgIpc) is 2.92. The Hall–Kier alpha value is -1.82. The number of carbonyl (C=O) groups is 2. The normalized spacial score (nSPS) is 12.6. The van der Waals surface area contributed by atoms with Crippen LogP contribution in [0.15, 0.2) is 11.1 Å². The van der Waals surface area contributed by atoms with E-state index in [0.29, 0.717) is 0 Å². The number of nitrogens with one attached hydrogen (secondary N) is 3. The second-order valence-electron chi connectivity index (χ2n) is 5.71. The number of aromatic amines is 1. The third-order valence-corrected chi connectivity index (χ3v) is 3.87. The summed E-state index contributed by atoms with van der Waals surface area (Å²) in [6.45, 7) is 7.23. The van der Waals surface area contributed by atoms with Crippen LogP contribution in [0.3, 0.4) is 0 Å². The second kappa shape index (κ2) is 8.33. The van der Waals surface area contributed by atoms with Gasteiger partial charge >= 0.3 is 12.1 Å². The maximum Gasteiger partial charge on any atom is 0.407 e. The van der Waals surface area contributed by atoms with E-state index < -0.39 is 28.4 Å². The number of amides is 1. The number of hydrogen-bond acceptors (Lipinski definition) is 8. The summed E-state index contributed by atoms with van der Waals surface area (Å²) in [5.74, 6) is -0.665. The van der Waals surface area contributed by atoms with E-state index in [1.807, 2.05) is 0 Å². The average molecular weight is 364 g/mol. The van der Waals surface area contributed by atoms with E-state index in [2.05, 4.69) is 20.2 Å². The first-order chi connectivity index (χ1) is 11.0. The zero-order valence-corrected chi connectivity index (χ0v) is 14.9. The Balaban J connectivity index is 2.46. The van der Waals surface area contributed by atoms with Crippen LogP contribution < -0.4 is 10.0 Å². The molecule has 1 heterocycles. The summed E-state index contributed by atoms with van der Waals surface area (Å²) >= 11 is 0. The van der Waals surface area contributed by atoms with Gasteiger partial charge in [0.25, 0.3) is 0 Å². The number of ether oxygens (including phenoxy) is 2. The van der Waals surface area contributed by atoms with Crippen molar-refractivity contribution in [1.82, 2.24) is 20.2 Å². The van der Waals surface area contributed by atoms with Gasteiger partial charge in [0.1, 0.15) is 5.60 Å². The van der Waals surface area contributed by atoms with Crippen molar-refractivity contribution < 1.29 is 28.2 Å². The summed E-state index contributed by atoms with van der Waals surface area (Å²) in [5, 5.41) is 8.47. The van der Waals surface area contributed by atoms with Crippen LogP contribution in [0.5, 0.6) is 0 Å². The van der Waals surface area contributed by atoms with Crippen molar-refractivity contribution in [3.05, 3.63) is 11.8 Å². The summed E-state index contributed by atoms with van der Waals surface area (Å²) in [5.41, 5.74) is -0.666. The molecular weight excluding hydrogens is 340 g/mol. The first-order valence-corrected chi connectivity index (χ1v) is 8.82. The van der Waals surface area contributed by atoms with Crippen molar-refractivity contribution in [3.8, 4) is 0 Å². The van der Waals surface area contributed by atoms with Gasteiger partial charge in [-0.05, 0) is 27.7 Å². The van der Waals surface area contributed by atoms with E-state index in [0.717, 1.165) is 0 Å². The van der Waals surface area contributed by atoms with Crippen LogP contribution in [0.25, 0.3) is 0 Å². The Labute approximate surface area is 141 Å². The molecule has 0 unspecified atom stereocenters. The Morgan fingerprint density at radius 3 is 2.58 bits per heavy atom. The molecule has 0 aromatic carbocycles. The Morgan fingerprint density at radius 2 is 2.00 bits per heavy atom. The van der Waals surface area contributed by atoms with E-state index in [4.69, 9.17) is 9.47 Å². The summed E-state index contributed by atoms with van der Waals surface area (Å²) in [6.07, 6.45) is -0.605. The second-order valence-corrected chi connectivity index (χ2v) is 7.54. The van der Waals surface area contributed by atoms with Crippen LogP contribution >= 0.6 is 10.8 Å². The SMILES string of the molecule is CCOC(=O)c1cc(S(O)(O)NCCNC(=O)OC(C)(C)C)[nH]n1. The van der Waals surface area contributed by atoms with Gasteiger partial charge in [0.15, 0.2) is 10.7 Å². The van der Waals surface area contributed by atoms with E-state index in [9.17, 15) is 18.7 Å². The fraction of sp³-hybridized carbons (Fsp3) is 0.615. The molecule has 1 amide bonds. The van der Waals surface area contributed by atoms with Crippen molar-refractivity contribution in [2.24, 2.45) is 0 Å². The monoisotopic (exact) mass is 364 g/mol. The molecule has 0 aliphatic heterocycles. The minimum atomic E-state index is -3.39. The van der Waals surface area contributed by atoms with Crippen molar-refractivity contribution in [1.29, 1.82) is 0 Å². The third kappa shape index (κ3) is 6.74. The topological polar surface area (TPSA) is 146 Å². The van der Waals surface area contributed by atoms with Gasteiger partial charge in [0.2, 0.25) is 0 Å². The molecule has 138 valence electrons. The molecule has 5 N–H and O–H groups in total. The maximum absolute atomic E-state index is 11.5. The zero-order valence-electron chi connectivity index (χ0n) is 14.1. The Bertz CT molecular complexity index is 569. The van der Waals surface area contributed by atoms with Gasteiger partial charge in [-0.1, -0.05) is 10.8 Å². The first-order valence-electron chi connectivity index (χ1n) is 7.27. The van der Waals surface area contributed by atoms with Crippen molar-refractivity contribution in [2.45, 2.75) is 38.3 Å². The number of H-pyrrole nitrogens is 1. The fourth-order valence-electron chi connectivity index (χ4n) is 1.51. The standard InChI is InChI=1S/C13H24N4O6S/c1-5-22-11(18)9-8-10(17-16-9)24(20,21)15-7-6-14-12(19)23-13(2,3)4/h8,15,20-21H,5-7H2,1-4H3,(H,14,19)(H,16,17). The van der Waals surface area contributed by atoms with Crippen LogP contribution in [0.1, 0.15) is 38.2 Å². The lowest BCUT2D eigenvalue weighted by Crippen LogP contribution is -2.37. The summed E-state index contributed by atoms with van der Waals surface area (Å²) in [4.78, 5) is 22.9. The number of nitrogens with zero attached hydrogens (tertiary/aromatic N) is 1. The number of carbonyl (C=O) groups excluding carboxylic acids is 2. The summed E-state index contributed by atoms with van der Waals surface area (Å²) < 4.78 is 32.3. The molecule has 0 bridgehead atoms. The van der Waals surface area contributed by atoms with Crippen LogP contribution in [0.2, 0.25) is 0 Å². The minimum Gasteiger partial charge on any atom is -0.461 e. The predicted octanol–water partition coefficient (Wildman–Crippen LogP) is 1.73. The predicted molar refractivity (Wildman–Crippen MR) is 87.9 cm³/mol.